The van der Waals surface area contributed by atoms with Gasteiger partial charge in [-0.3, -0.25) is 4.90 Å². The van der Waals surface area contributed by atoms with Gasteiger partial charge in [0.05, 0.1) is 0 Å². The standard InChI is InChI=1S/C13H28N2S/c1-12(7-10-16-4)14-11-13(2,3)15-8-5-6-9-15/h12,14H,5-11H2,1-4H3. The molecule has 1 aliphatic rings. The molecule has 0 spiro atoms. The Kier molecular flexibility index (Phi) is 6.16. The maximum Gasteiger partial charge on any atom is 0.0277 e. The quantitative estimate of drug-likeness (QED) is 0.741. The van der Waals surface area contributed by atoms with Crippen LogP contribution in [-0.2, 0) is 0 Å². The van der Waals surface area contributed by atoms with Gasteiger partial charge in [0.2, 0.25) is 0 Å². The van der Waals surface area contributed by atoms with Gasteiger partial charge in [0.25, 0.3) is 0 Å². The van der Waals surface area contributed by atoms with Crippen LogP contribution in [0.4, 0.5) is 0 Å². The summed E-state index contributed by atoms with van der Waals surface area (Å²) in [4.78, 5) is 2.63. The van der Waals surface area contributed by atoms with Crippen molar-refractivity contribution in [2.45, 2.75) is 51.6 Å². The second-order valence-corrected chi connectivity index (χ2v) is 6.56. The predicted molar refractivity (Wildman–Crippen MR) is 75.3 cm³/mol. The normalized spacial score (nSPS) is 20.2. The molecule has 1 saturated heterocycles. The molecule has 2 nitrogen and oxygen atoms in total. The van der Waals surface area contributed by atoms with E-state index in [0.29, 0.717) is 11.6 Å². The maximum atomic E-state index is 3.68. The Bertz CT molecular complexity index is 188. The van der Waals surface area contributed by atoms with Crippen molar-refractivity contribution in [2.75, 3.05) is 31.6 Å². The molecule has 0 bridgehead atoms. The van der Waals surface area contributed by atoms with E-state index in [9.17, 15) is 0 Å². The number of nitrogens with zero attached hydrogens (tertiary/aromatic N) is 1. The van der Waals surface area contributed by atoms with E-state index in [0.717, 1.165) is 6.54 Å². The Labute approximate surface area is 106 Å². The van der Waals surface area contributed by atoms with Crippen molar-refractivity contribution in [2.24, 2.45) is 0 Å². The highest BCUT2D eigenvalue weighted by atomic mass is 32.2. The van der Waals surface area contributed by atoms with Crippen LogP contribution >= 0.6 is 11.8 Å². The second-order valence-electron chi connectivity index (χ2n) is 5.57. The maximum absolute atomic E-state index is 3.68. The highest BCUT2D eigenvalue weighted by molar-refractivity contribution is 7.98. The van der Waals surface area contributed by atoms with Crippen LogP contribution in [0.2, 0.25) is 0 Å². The molecule has 0 aliphatic carbocycles. The lowest BCUT2D eigenvalue weighted by Crippen LogP contribution is -2.50. The van der Waals surface area contributed by atoms with E-state index in [1.54, 1.807) is 0 Å². The minimum Gasteiger partial charge on any atom is -0.312 e. The lowest BCUT2D eigenvalue weighted by Gasteiger charge is -2.36. The van der Waals surface area contributed by atoms with Crippen LogP contribution in [0.5, 0.6) is 0 Å². The molecule has 1 fully saturated rings. The fourth-order valence-electron chi connectivity index (χ4n) is 2.25. The lowest BCUT2D eigenvalue weighted by atomic mass is 10.0. The number of thioether (sulfide) groups is 1. The second kappa shape index (κ2) is 6.87. The van der Waals surface area contributed by atoms with Crippen molar-refractivity contribution >= 4 is 11.8 Å². The molecular formula is C13H28N2S. The van der Waals surface area contributed by atoms with Crippen LogP contribution in [0.1, 0.15) is 40.0 Å². The monoisotopic (exact) mass is 244 g/mol. The van der Waals surface area contributed by atoms with Gasteiger partial charge in [-0.2, -0.15) is 11.8 Å². The Hall–Kier alpha value is 0.270. The first-order chi connectivity index (χ1) is 7.56. The fourth-order valence-corrected chi connectivity index (χ4v) is 2.84. The Morgan fingerprint density at radius 3 is 2.50 bits per heavy atom. The summed E-state index contributed by atoms with van der Waals surface area (Å²) in [6.07, 6.45) is 6.22. The van der Waals surface area contributed by atoms with Crippen LogP contribution in [0.25, 0.3) is 0 Å². The minimum absolute atomic E-state index is 0.324. The molecule has 1 N–H and O–H groups in total. The molecule has 0 saturated carbocycles. The zero-order chi connectivity index (χ0) is 12.0. The topological polar surface area (TPSA) is 15.3 Å². The third kappa shape index (κ3) is 4.64. The summed E-state index contributed by atoms with van der Waals surface area (Å²) in [6.45, 7) is 10.7. The van der Waals surface area contributed by atoms with Gasteiger partial charge in [-0.1, -0.05) is 0 Å². The van der Waals surface area contributed by atoms with E-state index in [1.165, 1.54) is 38.1 Å². The van der Waals surface area contributed by atoms with Crippen LogP contribution in [-0.4, -0.2) is 48.1 Å². The van der Waals surface area contributed by atoms with Gasteiger partial charge in [-0.25, -0.2) is 0 Å². The van der Waals surface area contributed by atoms with Gasteiger partial charge in [0, 0.05) is 18.1 Å². The number of hydrogen-bond donors (Lipinski definition) is 1. The molecule has 0 amide bonds. The van der Waals surface area contributed by atoms with Crippen molar-refractivity contribution in [3.8, 4) is 0 Å². The third-order valence-electron chi connectivity index (χ3n) is 3.60. The average molecular weight is 244 g/mol. The molecule has 0 aromatic rings. The number of nitrogens with one attached hydrogen (secondary N) is 1. The van der Waals surface area contributed by atoms with Crippen molar-refractivity contribution in [3.05, 3.63) is 0 Å². The predicted octanol–water partition coefficient (Wildman–Crippen LogP) is 2.59. The summed E-state index contributed by atoms with van der Waals surface area (Å²) in [5, 5.41) is 3.68. The van der Waals surface area contributed by atoms with Crippen molar-refractivity contribution in [1.29, 1.82) is 0 Å². The molecule has 0 aromatic heterocycles. The molecule has 1 unspecified atom stereocenters. The molecular weight excluding hydrogens is 216 g/mol. The SMILES string of the molecule is CSCCC(C)NCC(C)(C)N1CCCC1. The van der Waals surface area contributed by atoms with Crippen LogP contribution in [0, 0.1) is 0 Å². The summed E-state index contributed by atoms with van der Waals surface area (Å²) < 4.78 is 0. The van der Waals surface area contributed by atoms with E-state index in [-0.39, 0.29) is 0 Å². The van der Waals surface area contributed by atoms with Gasteiger partial charge < -0.3 is 5.32 Å². The minimum atomic E-state index is 0.324. The summed E-state index contributed by atoms with van der Waals surface area (Å²) >= 11 is 1.94. The van der Waals surface area contributed by atoms with E-state index in [1.807, 2.05) is 11.8 Å². The van der Waals surface area contributed by atoms with E-state index >= 15 is 0 Å². The smallest absolute Gasteiger partial charge is 0.0277 e. The molecule has 16 heavy (non-hydrogen) atoms. The van der Waals surface area contributed by atoms with Gasteiger partial charge in [-0.05, 0) is 65.1 Å². The lowest BCUT2D eigenvalue weighted by molar-refractivity contribution is 0.148. The molecule has 1 aliphatic heterocycles. The molecule has 1 atom stereocenters. The van der Waals surface area contributed by atoms with Crippen LogP contribution in [0.15, 0.2) is 0 Å². The van der Waals surface area contributed by atoms with Gasteiger partial charge in [-0.15, -0.1) is 0 Å². The molecule has 0 radical (unpaired) electrons. The van der Waals surface area contributed by atoms with Crippen LogP contribution < -0.4 is 5.32 Å². The molecule has 1 rings (SSSR count). The largest absolute Gasteiger partial charge is 0.312 e. The van der Waals surface area contributed by atoms with E-state index in [4.69, 9.17) is 0 Å². The molecule has 3 heteroatoms. The van der Waals surface area contributed by atoms with E-state index < -0.39 is 0 Å². The summed E-state index contributed by atoms with van der Waals surface area (Å²) in [6, 6.07) is 0.648. The highest BCUT2D eigenvalue weighted by Crippen LogP contribution is 2.20. The van der Waals surface area contributed by atoms with Crippen molar-refractivity contribution in [3.63, 3.8) is 0 Å². The van der Waals surface area contributed by atoms with Gasteiger partial charge in [0.1, 0.15) is 0 Å². The Morgan fingerprint density at radius 2 is 1.94 bits per heavy atom. The fraction of sp³-hybridized carbons (Fsp3) is 1.00. The zero-order valence-corrected chi connectivity index (χ0v) is 12.2. The van der Waals surface area contributed by atoms with Crippen LogP contribution in [0.3, 0.4) is 0 Å². The first kappa shape index (κ1) is 14.3. The number of likely N-dealkylation sites (tertiary alicyclic amines) is 1. The number of rotatable bonds is 7. The van der Waals surface area contributed by atoms with E-state index in [2.05, 4.69) is 37.2 Å². The average Bonchev–Trinajstić information content (AvgIpc) is 2.77. The zero-order valence-electron chi connectivity index (χ0n) is 11.4. The summed E-state index contributed by atoms with van der Waals surface area (Å²) in [5.74, 6) is 1.26. The van der Waals surface area contributed by atoms with Crippen molar-refractivity contribution in [1.82, 2.24) is 10.2 Å². The van der Waals surface area contributed by atoms with Gasteiger partial charge in [0.15, 0.2) is 0 Å². The summed E-state index contributed by atoms with van der Waals surface area (Å²) in [5.41, 5.74) is 0.324. The Morgan fingerprint density at radius 1 is 1.31 bits per heavy atom. The highest BCUT2D eigenvalue weighted by Gasteiger charge is 2.28. The number of hydrogen-bond acceptors (Lipinski definition) is 3. The van der Waals surface area contributed by atoms with Crippen molar-refractivity contribution < 1.29 is 0 Å². The molecule has 1 heterocycles. The third-order valence-corrected chi connectivity index (χ3v) is 4.24. The van der Waals surface area contributed by atoms with Gasteiger partial charge >= 0.3 is 0 Å². The molecule has 96 valence electrons. The molecule has 0 aromatic carbocycles. The summed E-state index contributed by atoms with van der Waals surface area (Å²) in [7, 11) is 0. The first-order valence-electron chi connectivity index (χ1n) is 6.53. The first-order valence-corrected chi connectivity index (χ1v) is 7.93. The Balaban J connectivity index is 2.23.